The first kappa shape index (κ1) is 15.2. The summed E-state index contributed by atoms with van der Waals surface area (Å²) in [7, 11) is 0. The van der Waals surface area contributed by atoms with Gasteiger partial charge in [0.1, 0.15) is 5.54 Å². The topological polar surface area (TPSA) is 86.7 Å². The van der Waals surface area contributed by atoms with E-state index >= 15 is 0 Å². The Labute approximate surface area is 122 Å². The fourth-order valence-corrected chi connectivity index (χ4v) is 3.96. The standard InChI is InChI=1S/C13H20N2O4S/c1-8(2)15-6-9(5-10(15)16)11(17)14-13(12(18)19)3-4-20-7-13/h8-9H,3-7H2,1-2H3,(H,14,17)(H,18,19). The Balaban J connectivity index is 2.02. The molecule has 112 valence electrons. The summed E-state index contributed by atoms with van der Waals surface area (Å²) in [4.78, 5) is 37.1. The lowest BCUT2D eigenvalue weighted by Gasteiger charge is -2.26. The quantitative estimate of drug-likeness (QED) is 0.781. The number of hydrogen-bond donors (Lipinski definition) is 2. The summed E-state index contributed by atoms with van der Waals surface area (Å²) >= 11 is 1.53. The van der Waals surface area contributed by atoms with Crippen molar-refractivity contribution >= 4 is 29.5 Å². The van der Waals surface area contributed by atoms with E-state index in [0.717, 1.165) is 5.75 Å². The maximum Gasteiger partial charge on any atom is 0.330 e. The highest BCUT2D eigenvalue weighted by atomic mass is 32.2. The van der Waals surface area contributed by atoms with Crippen LogP contribution in [0.3, 0.4) is 0 Å². The minimum Gasteiger partial charge on any atom is -0.479 e. The van der Waals surface area contributed by atoms with Crippen molar-refractivity contribution in [3.8, 4) is 0 Å². The Morgan fingerprint density at radius 2 is 2.20 bits per heavy atom. The molecule has 0 bridgehead atoms. The maximum atomic E-state index is 12.3. The van der Waals surface area contributed by atoms with Crippen LogP contribution in [0.4, 0.5) is 0 Å². The number of nitrogens with zero attached hydrogens (tertiary/aromatic N) is 1. The number of nitrogens with one attached hydrogen (secondary N) is 1. The molecule has 0 aromatic heterocycles. The van der Waals surface area contributed by atoms with E-state index in [-0.39, 0.29) is 24.3 Å². The molecule has 0 radical (unpaired) electrons. The fourth-order valence-electron chi connectivity index (χ4n) is 2.63. The summed E-state index contributed by atoms with van der Waals surface area (Å²) in [6.45, 7) is 4.19. The second-order valence-electron chi connectivity index (χ2n) is 5.72. The van der Waals surface area contributed by atoms with E-state index in [0.29, 0.717) is 18.7 Å². The number of rotatable bonds is 4. The second-order valence-corrected chi connectivity index (χ2v) is 6.83. The number of carboxylic acid groups (broad SMARTS) is 1. The molecular formula is C13H20N2O4S. The van der Waals surface area contributed by atoms with Crippen LogP contribution in [-0.4, -0.2) is 57.4 Å². The molecule has 2 amide bonds. The molecule has 0 aromatic carbocycles. The van der Waals surface area contributed by atoms with Crippen LogP contribution >= 0.6 is 11.8 Å². The van der Waals surface area contributed by atoms with E-state index in [1.807, 2.05) is 13.8 Å². The first-order chi connectivity index (χ1) is 9.35. The smallest absolute Gasteiger partial charge is 0.330 e. The van der Waals surface area contributed by atoms with Crippen molar-refractivity contribution in [2.24, 2.45) is 5.92 Å². The number of carbonyl (C=O) groups is 3. The molecule has 2 heterocycles. The minimum absolute atomic E-state index is 0.0367. The number of thioether (sulfide) groups is 1. The average Bonchev–Trinajstić information content (AvgIpc) is 2.96. The molecule has 7 heteroatoms. The molecule has 0 saturated carbocycles. The van der Waals surface area contributed by atoms with Crippen LogP contribution in [0, 0.1) is 5.92 Å². The minimum atomic E-state index is -1.16. The van der Waals surface area contributed by atoms with Gasteiger partial charge in [0, 0.05) is 24.8 Å². The highest BCUT2D eigenvalue weighted by molar-refractivity contribution is 7.99. The lowest BCUT2D eigenvalue weighted by molar-refractivity contribution is -0.147. The van der Waals surface area contributed by atoms with E-state index in [2.05, 4.69) is 5.32 Å². The fraction of sp³-hybridized carbons (Fsp3) is 0.769. The number of likely N-dealkylation sites (tertiary alicyclic amines) is 1. The third-order valence-electron chi connectivity index (χ3n) is 3.95. The molecule has 2 aliphatic rings. The molecule has 2 saturated heterocycles. The summed E-state index contributed by atoms with van der Waals surface area (Å²) < 4.78 is 0. The molecule has 2 rings (SSSR count). The molecule has 2 fully saturated rings. The van der Waals surface area contributed by atoms with Gasteiger partial charge in [0.25, 0.3) is 0 Å². The molecule has 2 aliphatic heterocycles. The van der Waals surface area contributed by atoms with Gasteiger partial charge in [0.15, 0.2) is 0 Å². The lowest BCUT2D eigenvalue weighted by atomic mass is 9.97. The summed E-state index contributed by atoms with van der Waals surface area (Å²) in [6.07, 6.45) is 0.611. The first-order valence-electron chi connectivity index (χ1n) is 6.78. The van der Waals surface area contributed by atoms with Crippen LogP contribution in [0.1, 0.15) is 26.7 Å². The summed E-state index contributed by atoms with van der Waals surface area (Å²) in [5.74, 6) is -0.652. The highest BCUT2D eigenvalue weighted by Crippen LogP contribution is 2.29. The normalized spacial score (nSPS) is 30.1. The van der Waals surface area contributed by atoms with Crippen molar-refractivity contribution in [3.05, 3.63) is 0 Å². The van der Waals surface area contributed by atoms with Crippen LogP contribution in [0.25, 0.3) is 0 Å². The second kappa shape index (κ2) is 5.63. The van der Waals surface area contributed by atoms with Gasteiger partial charge >= 0.3 is 5.97 Å². The van der Waals surface area contributed by atoms with Gasteiger partial charge in [-0.2, -0.15) is 11.8 Å². The van der Waals surface area contributed by atoms with Crippen molar-refractivity contribution < 1.29 is 19.5 Å². The molecule has 6 nitrogen and oxygen atoms in total. The predicted octanol–water partition coefficient (Wildman–Crippen LogP) is 0.320. The lowest BCUT2D eigenvalue weighted by Crippen LogP contribution is -2.56. The third kappa shape index (κ3) is 2.77. The predicted molar refractivity (Wildman–Crippen MR) is 75.4 cm³/mol. The Morgan fingerprint density at radius 3 is 2.65 bits per heavy atom. The number of carboxylic acids is 1. The van der Waals surface area contributed by atoms with Gasteiger partial charge in [-0.05, 0) is 26.0 Å². The van der Waals surface area contributed by atoms with E-state index in [1.54, 1.807) is 4.90 Å². The van der Waals surface area contributed by atoms with Gasteiger partial charge in [-0.25, -0.2) is 4.79 Å². The molecule has 2 N–H and O–H groups in total. The van der Waals surface area contributed by atoms with Crippen molar-refractivity contribution in [1.29, 1.82) is 0 Å². The van der Waals surface area contributed by atoms with Crippen molar-refractivity contribution in [2.45, 2.75) is 38.3 Å². The highest BCUT2D eigenvalue weighted by Gasteiger charge is 2.45. The molecule has 0 aliphatic carbocycles. The number of amides is 2. The Kier molecular flexibility index (Phi) is 4.27. The van der Waals surface area contributed by atoms with Crippen LogP contribution in [0.2, 0.25) is 0 Å². The molecule has 0 spiro atoms. The van der Waals surface area contributed by atoms with Gasteiger partial charge in [0.2, 0.25) is 11.8 Å². The van der Waals surface area contributed by atoms with Crippen molar-refractivity contribution in [3.63, 3.8) is 0 Å². The van der Waals surface area contributed by atoms with Gasteiger partial charge in [-0.15, -0.1) is 0 Å². The molecule has 2 unspecified atom stereocenters. The van der Waals surface area contributed by atoms with E-state index in [4.69, 9.17) is 0 Å². The van der Waals surface area contributed by atoms with E-state index in [9.17, 15) is 19.5 Å². The van der Waals surface area contributed by atoms with Crippen LogP contribution in [0.15, 0.2) is 0 Å². The first-order valence-corrected chi connectivity index (χ1v) is 7.94. The molecular weight excluding hydrogens is 280 g/mol. The number of hydrogen-bond acceptors (Lipinski definition) is 4. The summed E-state index contributed by atoms with van der Waals surface area (Å²) in [5, 5.41) is 12.0. The van der Waals surface area contributed by atoms with E-state index in [1.165, 1.54) is 11.8 Å². The number of aliphatic carboxylic acids is 1. The molecule has 20 heavy (non-hydrogen) atoms. The Bertz CT molecular complexity index is 432. The largest absolute Gasteiger partial charge is 0.479 e. The zero-order chi connectivity index (χ0) is 14.9. The van der Waals surface area contributed by atoms with E-state index < -0.39 is 17.4 Å². The van der Waals surface area contributed by atoms with Crippen LogP contribution in [0.5, 0.6) is 0 Å². The average molecular weight is 300 g/mol. The monoisotopic (exact) mass is 300 g/mol. The van der Waals surface area contributed by atoms with Crippen LogP contribution < -0.4 is 5.32 Å². The van der Waals surface area contributed by atoms with Gasteiger partial charge in [-0.1, -0.05) is 0 Å². The maximum absolute atomic E-state index is 12.3. The SMILES string of the molecule is CC(C)N1CC(C(=O)NC2(C(=O)O)CCSC2)CC1=O. The third-order valence-corrected chi connectivity index (χ3v) is 5.14. The Morgan fingerprint density at radius 1 is 1.50 bits per heavy atom. The Hall–Kier alpha value is -1.24. The summed E-state index contributed by atoms with van der Waals surface area (Å²) in [6, 6.07) is 0.0655. The van der Waals surface area contributed by atoms with Gasteiger partial charge in [-0.3, -0.25) is 9.59 Å². The van der Waals surface area contributed by atoms with Gasteiger partial charge in [0.05, 0.1) is 5.92 Å². The van der Waals surface area contributed by atoms with Gasteiger partial charge < -0.3 is 15.3 Å². The number of carbonyl (C=O) groups excluding carboxylic acids is 2. The van der Waals surface area contributed by atoms with Crippen LogP contribution in [-0.2, 0) is 14.4 Å². The van der Waals surface area contributed by atoms with Crippen molar-refractivity contribution in [2.75, 3.05) is 18.1 Å². The summed E-state index contributed by atoms with van der Waals surface area (Å²) in [5.41, 5.74) is -1.16. The van der Waals surface area contributed by atoms with Crippen molar-refractivity contribution in [1.82, 2.24) is 10.2 Å². The molecule has 0 aromatic rings. The molecule has 2 atom stereocenters. The zero-order valence-electron chi connectivity index (χ0n) is 11.7. The zero-order valence-corrected chi connectivity index (χ0v) is 12.5.